The summed E-state index contributed by atoms with van der Waals surface area (Å²) in [5.41, 5.74) is 1.75. The van der Waals surface area contributed by atoms with E-state index in [-0.39, 0.29) is 23.3 Å². The number of alkyl halides is 3. The number of nitrogens with zero attached hydrogens (tertiary/aromatic N) is 5. The highest BCUT2D eigenvalue weighted by Crippen LogP contribution is 2.38. The van der Waals surface area contributed by atoms with Gasteiger partial charge in [0.1, 0.15) is 5.60 Å². The van der Waals surface area contributed by atoms with Gasteiger partial charge in [-0.2, -0.15) is 23.3 Å². The standard InChI is InChI=1S/C24H28F3N7O3/c1-8-9-33-20-19(15(4)31-33)17(24(25,26)27)12-18(30-20)34(22(36)37-23(5,6)7)32-21(35)29-16-10-13(2)28-14(3)11-16/h8,10-12H,1,9H2,2-7H3,(H2,28,29,32,35). The molecule has 37 heavy (non-hydrogen) atoms. The number of carbonyl (C=O) groups is 2. The number of carbonyl (C=O) groups excluding carboxylic acids is 2. The second-order valence-corrected chi connectivity index (χ2v) is 9.30. The molecule has 0 unspecified atom stereocenters. The lowest BCUT2D eigenvalue weighted by molar-refractivity contribution is -0.136. The van der Waals surface area contributed by atoms with Gasteiger partial charge in [0.05, 0.1) is 23.2 Å². The second-order valence-electron chi connectivity index (χ2n) is 9.30. The minimum absolute atomic E-state index is 0.0686. The number of pyridine rings is 2. The first-order valence-corrected chi connectivity index (χ1v) is 11.2. The zero-order chi connectivity index (χ0) is 27.7. The van der Waals surface area contributed by atoms with Crippen LogP contribution in [0.1, 0.15) is 43.4 Å². The summed E-state index contributed by atoms with van der Waals surface area (Å²) in [5, 5.41) is 6.97. The highest BCUT2D eigenvalue weighted by Gasteiger charge is 2.37. The Morgan fingerprint density at radius 3 is 2.27 bits per heavy atom. The van der Waals surface area contributed by atoms with E-state index >= 15 is 0 Å². The molecule has 0 aliphatic carbocycles. The minimum Gasteiger partial charge on any atom is -0.442 e. The smallest absolute Gasteiger partial charge is 0.435 e. The highest BCUT2D eigenvalue weighted by atomic mass is 19.4. The van der Waals surface area contributed by atoms with Crippen molar-refractivity contribution < 1.29 is 27.5 Å². The quantitative estimate of drug-likeness (QED) is 0.351. The molecule has 0 saturated heterocycles. The van der Waals surface area contributed by atoms with Gasteiger partial charge in [-0.25, -0.2) is 24.7 Å². The fourth-order valence-corrected chi connectivity index (χ4v) is 3.60. The number of amides is 3. The van der Waals surface area contributed by atoms with Gasteiger partial charge < -0.3 is 10.1 Å². The fourth-order valence-electron chi connectivity index (χ4n) is 3.60. The van der Waals surface area contributed by atoms with E-state index < -0.39 is 35.3 Å². The number of hydrazine groups is 1. The molecule has 0 aromatic carbocycles. The lowest BCUT2D eigenvalue weighted by Gasteiger charge is -2.27. The molecule has 2 N–H and O–H groups in total. The molecule has 0 radical (unpaired) electrons. The van der Waals surface area contributed by atoms with Gasteiger partial charge in [-0.3, -0.25) is 4.98 Å². The SMILES string of the molecule is C=CCn1nc(C)c2c(C(F)(F)F)cc(N(NC(=O)Nc3cc(C)nc(C)c3)C(=O)OC(C)(C)C)nc21. The predicted molar refractivity (Wildman–Crippen MR) is 132 cm³/mol. The van der Waals surface area contributed by atoms with Crippen molar-refractivity contribution in [1.29, 1.82) is 0 Å². The van der Waals surface area contributed by atoms with Crippen LogP contribution < -0.4 is 15.8 Å². The number of allylic oxidation sites excluding steroid dienone is 1. The Bertz CT molecular complexity index is 1340. The monoisotopic (exact) mass is 519 g/mol. The summed E-state index contributed by atoms with van der Waals surface area (Å²) in [5.74, 6) is -0.517. The molecule has 0 atom stereocenters. The van der Waals surface area contributed by atoms with Crippen LogP contribution in [0.2, 0.25) is 0 Å². The van der Waals surface area contributed by atoms with E-state index in [1.54, 1.807) is 46.8 Å². The Hall–Kier alpha value is -4.16. The van der Waals surface area contributed by atoms with Crippen molar-refractivity contribution in [2.24, 2.45) is 0 Å². The second kappa shape index (κ2) is 10.1. The molecule has 3 rings (SSSR count). The number of anilines is 2. The number of urea groups is 1. The van der Waals surface area contributed by atoms with Gasteiger partial charge in [-0.15, -0.1) is 6.58 Å². The minimum atomic E-state index is -4.81. The number of aromatic nitrogens is 4. The molecule has 0 aliphatic heterocycles. The van der Waals surface area contributed by atoms with Crippen LogP contribution >= 0.6 is 0 Å². The molecule has 3 amide bonds. The van der Waals surface area contributed by atoms with Crippen LogP contribution in [0.4, 0.5) is 34.3 Å². The third kappa shape index (κ3) is 6.54. The lowest BCUT2D eigenvalue weighted by Crippen LogP contribution is -2.50. The molecule has 3 heterocycles. The molecule has 3 aromatic rings. The Balaban J connectivity index is 2.13. The van der Waals surface area contributed by atoms with Gasteiger partial charge in [-0.1, -0.05) is 6.08 Å². The van der Waals surface area contributed by atoms with Crippen molar-refractivity contribution in [3.8, 4) is 0 Å². The maximum absolute atomic E-state index is 14.1. The van der Waals surface area contributed by atoms with Crippen LogP contribution in [0.5, 0.6) is 0 Å². The van der Waals surface area contributed by atoms with E-state index in [4.69, 9.17) is 4.74 Å². The van der Waals surface area contributed by atoms with E-state index in [2.05, 4.69) is 32.4 Å². The van der Waals surface area contributed by atoms with Crippen molar-refractivity contribution in [1.82, 2.24) is 25.2 Å². The predicted octanol–water partition coefficient (Wildman–Crippen LogP) is 5.43. The Morgan fingerprint density at radius 2 is 1.73 bits per heavy atom. The maximum Gasteiger partial charge on any atom is 0.435 e. The number of nitrogens with one attached hydrogen (secondary N) is 2. The summed E-state index contributed by atoms with van der Waals surface area (Å²) in [6.07, 6.45) is -4.50. The number of ether oxygens (including phenoxy) is 1. The van der Waals surface area contributed by atoms with Crippen molar-refractivity contribution in [3.05, 3.63) is 53.5 Å². The summed E-state index contributed by atoms with van der Waals surface area (Å²) >= 11 is 0. The van der Waals surface area contributed by atoms with Crippen LogP contribution in [-0.4, -0.2) is 37.5 Å². The lowest BCUT2D eigenvalue weighted by atomic mass is 10.1. The highest BCUT2D eigenvalue weighted by molar-refractivity contribution is 5.97. The van der Waals surface area contributed by atoms with Gasteiger partial charge in [-0.05, 0) is 59.7 Å². The Kier molecular flexibility index (Phi) is 7.46. The van der Waals surface area contributed by atoms with E-state index in [1.807, 2.05) is 0 Å². The van der Waals surface area contributed by atoms with Crippen molar-refractivity contribution in [2.75, 3.05) is 10.3 Å². The van der Waals surface area contributed by atoms with Gasteiger partial charge in [0, 0.05) is 17.1 Å². The third-order valence-electron chi connectivity index (χ3n) is 4.83. The molecular formula is C24H28F3N7O3. The largest absolute Gasteiger partial charge is 0.442 e. The van der Waals surface area contributed by atoms with Crippen molar-refractivity contribution in [2.45, 2.75) is 59.9 Å². The number of hydrogen-bond acceptors (Lipinski definition) is 6. The first kappa shape index (κ1) is 27.4. The van der Waals surface area contributed by atoms with E-state index in [0.29, 0.717) is 28.2 Å². The molecule has 0 bridgehead atoms. The molecule has 0 spiro atoms. The van der Waals surface area contributed by atoms with Gasteiger partial charge in [0.15, 0.2) is 11.5 Å². The summed E-state index contributed by atoms with van der Waals surface area (Å²) in [7, 11) is 0. The zero-order valence-electron chi connectivity index (χ0n) is 21.3. The Morgan fingerprint density at radius 1 is 1.11 bits per heavy atom. The van der Waals surface area contributed by atoms with Crippen LogP contribution in [0.3, 0.4) is 0 Å². The average Bonchev–Trinajstić information content (AvgIpc) is 3.04. The first-order chi connectivity index (χ1) is 17.1. The third-order valence-corrected chi connectivity index (χ3v) is 4.83. The van der Waals surface area contributed by atoms with E-state index in [0.717, 1.165) is 0 Å². The first-order valence-electron chi connectivity index (χ1n) is 11.2. The van der Waals surface area contributed by atoms with Crippen LogP contribution in [0.15, 0.2) is 30.9 Å². The molecule has 0 fully saturated rings. The fraction of sp³-hybridized carbons (Fsp3) is 0.375. The number of hydrogen-bond donors (Lipinski definition) is 2. The van der Waals surface area contributed by atoms with Gasteiger partial charge in [0.2, 0.25) is 0 Å². The topological polar surface area (TPSA) is 114 Å². The number of halogens is 3. The van der Waals surface area contributed by atoms with Crippen molar-refractivity contribution in [3.63, 3.8) is 0 Å². The Labute approximate surface area is 211 Å². The zero-order valence-corrected chi connectivity index (χ0v) is 21.3. The summed E-state index contributed by atoms with van der Waals surface area (Å²) in [6.45, 7) is 13.3. The molecule has 10 nitrogen and oxygen atoms in total. The van der Waals surface area contributed by atoms with Crippen LogP contribution in [-0.2, 0) is 17.5 Å². The van der Waals surface area contributed by atoms with Gasteiger partial charge >= 0.3 is 18.3 Å². The van der Waals surface area contributed by atoms with E-state index in [1.165, 1.54) is 17.7 Å². The average molecular weight is 520 g/mol. The molecule has 198 valence electrons. The van der Waals surface area contributed by atoms with Gasteiger partial charge in [0.25, 0.3) is 0 Å². The summed E-state index contributed by atoms with van der Waals surface area (Å²) in [6, 6.07) is 2.93. The normalized spacial score (nSPS) is 11.8. The summed E-state index contributed by atoms with van der Waals surface area (Å²) < 4.78 is 48.9. The van der Waals surface area contributed by atoms with Crippen LogP contribution in [0.25, 0.3) is 11.0 Å². The van der Waals surface area contributed by atoms with E-state index in [9.17, 15) is 22.8 Å². The molecular weight excluding hydrogens is 491 g/mol. The maximum atomic E-state index is 14.1. The molecule has 0 saturated carbocycles. The van der Waals surface area contributed by atoms with Crippen LogP contribution in [0, 0.1) is 20.8 Å². The molecule has 3 aromatic heterocycles. The molecule has 13 heteroatoms. The molecule has 0 aliphatic rings. The summed E-state index contributed by atoms with van der Waals surface area (Å²) in [4.78, 5) is 34.4. The number of fused-ring (bicyclic) bond motifs is 1. The number of aryl methyl sites for hydroxylation is 3. The van der Waals surface area contributed by atoms with Crippen molar-refractivity contribution >= 4 is 34.7 Å². The number of rotatable bonds is 4.